The van der Waals surface area contributed by atoms with Crippen molar-refractivity contribution in [2.24, 2.45) is 11.8 Å². The molecule has 27 heavy (non-hydrogen) atoms. The molecule has 0 spiro atoms. The minimum Gasteiger partial charge on any atom is -0.465 e. The van der Waals surface area contributed by atoms with Gasteiger partial charge >= 0.3 is 5.97 Å². The van der Waals surface area contributed by atoms with Crippen LogP contribution >= 0.6 is 0 Å². The number of rotatable bonds is 6. The molecule has 140 valence electrons. The number of benzene rings is 2. The van der Waals surface area contributed by atoms with E-state index in [4.69, 9.17) is 0 Å². The molecule has 2 aromatic rings. The number of carbonyl (C=O) groups is 3. The lowest BCUT2D eigenvalue weighted by Gasteiger charge is -2.08. The van der Waals surface area contributed by atoms with Gasteiger partial charge in [0.05, 0.1) is 24.5 Å². The predicted molar refractivity (Wildman–Crippen MR) is 96.3 cm³/mol. The lowest BCUT2D eigenvalue weighted by molar-refractivity contribution is -0.125. The molecule has 1 fully saturated rings. The second kappa shape index (κ2) is 7.99. The fraction of sp³-hybridized carbons (Fsp3) is 0.250. The topological polar surface area (TPSA) is 84.5 Å². The first-order valence-electron chi connectivity index (χ1n) is 8.50. The van der Waals surface area contributed by atoms with Crippen LogP contribution in [0, 0.1) is 17.7 Å². The van der Waals surface area contributed by atoms with Crippen LogP contribution in [0.4, 0.5) is 10.1 Å². The fourth-order valence-corrected chi connectivity index (χ4v) is 2.81. The Hall–Kier alpha value is -3.22. The standard InChI is InChI=1S/C20H19FN2O4/c1-27-20(26)12-6-4-7-14(9-12)23-19(25)16-10-15(16)18(24)22-11-13-5-2-3-8-17(13)21/h2-9,15-16H,10-11H2,1H3,(H,22,24)(H,23,25). The molecule has 2 aromatic carbocycles. The molecular weight excluding hydrogens is 351 g/mol. The molecule has 1 aliphatic rings. The van der Waals surface area contributed by atoms with Crippen molar-refractivity contribution in [2.45, 2.75) is 13.0 Å². The van der Waals surface area contributed by atoms with Gasteiger partial charge in [0.25, 0.3) is 0 Å². The van der Waals surface area contributed by atoms with Gasteiger partial charge in [0, 0.05) is 17.8 Å². The van der Waals surface area contributed by atoms with Crippen LogP contribution in [-0.4, -0.2) is 24.9 Å². The molecule has 6 nitrogen and oxygen atoms in total. The summed E-state index contributed by atoms with van der Waals surface area (Å²) in [6.07, 6.45) is 0.436. The molecule has 1 aliphatic carbocycles. The van der Waals surface area contributed by atoms with Crippen LogP contribution in [0.2, 0.25) is 0 Å². The molecular formula is C20H19FN2O4. The van der Waals surface area contributed by atoms with Gasteiger partial charge in [-0.2, -0.15) is 0 Å². The van der Waals surface area contributed by atoms with Crippen LogP contribution in [0.3, 0.4) is 0 Å². The molecule has 2 unspecified atom stereocenters. The number of carbonyl (C=O) groups excluding carboxylic acids is 3. The molecule has 0 aliphatic heterocycles. The third kappa shape index (κ3) is 4.49. The van der Waals surface area contributed by atoms with E-state index < -0.39 is 17.8 Å². The van der Waals surface area contributed by atoms with E-state index in [0.29, 0.717) is 23.2 Å². The van der Waals surface area contributed by atoms with Crippen LogP contribution in [0.5, 0.6) is 0 Å². The van der Waals surface area contributed by atoms with E-state index in [2.05, 4.69) is 15.4 Å². The first-order chi connectivity index (χ1) is 13.0. The van der Waals surface area contributed by atoms with Crippen molar-refractivity contribution in [1.29, 1.82) is 0 Å². The van der Waals surface area contributed by atoms with Crippen molar-refractivity contribution in [2.75, 3.05) is 12.4 Å². The molecule has 2 N–H and O–H groups in total. The highest BCUT2D eigenvalue weighted by molar-refractivity contribution is 6.00. The lowest BCUT2D eigenvalue weighted by atomic mass is 10.2. The zero-order chi connectivity index (χ0) is 19.4. The smallest absolute Gasteiger partial charge is 0.337 e. The molecule has 0 saturated heterocycles. The van der Waals surface area contributed by atoms with E-state index in [1.165, 1.54) is 19.2 Å². The average Bonchev–Trinajstić information content (AvgIpc) is 3.48. The highest BCUT2D eigenvalue weighted by atomic mass is 19.1. The molecule has 0 aromatic heterocycles. The van der Waals surface area contributed by atoms with Crippen LogP contribution in [0.25, 0.3) is 0 Å². The van der Waals surface area contributed by atoms with Gasteiger partial charge in [0.1, 0.15) is 5.82 Å². The number of anilines is 1. The van der Waals surface area contributed by atoms with Gasteiger partial charge in [0.15, 0.2) is 0 Å². The molecule has 3 rings (SSSR count). The zero-order valence-corrected chi connectivity index (χ0v) is 14.7. The second-order valence-corrected chi connectivity index (χ2v) is 6.32. The Morgan fingerprint density at radius 1 is 1.07 bits per heavy atom. The average molecular weight is 370 g/mol. The summed E-state index contributed by atoms with van der Waals surface area (Å²) in [4.78, 5) is 36.0. The highest BCUT2D eigenvalue weighted by Crippen LogP contribution is 2.39. The summed E-state index contributed by atoms with van der Waals surface area (Å²) in [5.41, 5.74) is 1.18. The van der Waals surface area contributed by atoms with Crippen LogP contribution in [-0.2, 0) is 20.9 Å². The van der Waals surface area contributed by atoms with Gasteiger partial charge in [-0.1, -0.05) is 24.3 Å². The van der Waals surface area contributed by atoms with Crippen molar-refractivity contribution >= 4 is 23.5 Å². The second-order valence-electron chi connectivity index (χ2n) is 6.32. The van der Waals surface area contributed by atoms with Gasteiger partial charge in [-0.15, -0.1) is 0 Å². The molecule has 0 bridgehead atoms. The number of nitrogens with one attached hydrogen (secondary N) is 2. The molecule has 0 radical (unpaired) electrons. The van der Waals surface area contributed by atoms with E-state index in [-0.39, 0.29) is 24.2 Å². The number of hydrogen-bond donors (Lipinski definition) is 2. The molecule has 2 amide bonds. The van der Waals surface area contributed by atoms with Gasteiger partial charge in [-0.3, -0.25) is 9.59 Å². The number of esters is 1. The number of methoxy groups -OCH3 is 1. The van der Waals surface area contributed by atoms with Crippen molar-refractivity contribution in [3.63, 3.8) is 0 Å². The number of amides is 2. The SMILES string of the molecule is COC(=O)c1cccc(NC(=O)C2CC2C(=O)NCc2ccccc2F)c1. The van der Waals surface area contributed by atoms with E-state index in [9.17, 15) is 18.8 Å². The molecule has 0 heterocycles. The maximum atomic E-state index is 13.6. The van der Waals surface area contributed by atoms with Gasteiger partial charge < -0.3 is 15.4 Å². The summed E-state index contributed by atoms with van der Waals surface area (Å²) in [5.74, 6) is -2.31. The minimum atomic E-state index is -0.497. The van der Waals surface area contributed by atoms with Crippen LogP contribution in [0.1, 0.15) is 22.3 Å². The highest BCUT2D eigenvalue weighted by Gasteiger charge is 2.47. The quantitative estimate of drug-likeness (QED) is 0.765. The third-order valence-corrected chi connectivity index (χ3v) is 4.43. The molecule has 1 saturated carbocycles. The first-order valence-corrected chi connectivity index (χ1v) is 8.50. The summed E-state index contributed by atoms with van der Waals surface area (Å²) >= 11 is 0. The summed E-state index contributed by atoms with van der Waals surface area (Å²) in [6, 6.07) is 12.6. The van der Waals surface area contributed by atoms with E-state index in [1.54, 1.807) is 36.4 Å². The van der Waals surface area contributed by atoms with Gasteiger partial charge in [0.2, 0.25) is 11.8 Å². The zero-order valence-electron chi connectivity index (χ0n) is 14.7. The maximum absolute atomic E-state index is 13.6. The number of hydrogen-bond acceptors (Lipinski definition) is 4. The number of ether oxygens (including phenoxy) is 1. The Bertz CT molecular complexity index is 884. The molecule has 2 atom stereocenters. The number of halogens is 1. The van der Waals surface area contributed by atoms with Crippen molar-refractivity contribution in [1.82, 2.24) is 5.32 Å². The summed E-state index contributed by atoms with van der Waals surface area (Å²) in [6.45, 7) is 0.0809. The monoisotopic (exact) mass is 370 g/mol. The maximum Gasteiger partial charge on any atom is 0.337 e. The van der Waals surface area contributed by atoms with Crippen LogP contribution in [0.15, 0.2) is 48.5 Å². The third-order valence-electron chi connectivity index (χ3n) is 4.43. The Balaban J connectivity index is 1.52. The lowest BCUT2D eigenvalue weighted by Crippen LogP contribution is -2.27. The van der Waals surface area contributed by atoms with Crippen LogP contribution < -0.4 is 10.6 Å². The summed E-state index contributed by atoms with van der Waals surface area (Å²) in [5, 5.41) is 5.37. The Morgan fingerprint density at radius 3 is 2.56 bits per heavy atom. The Labute approximate surface area is 155 Å². The Morgan fingerprint density at radius 2 is 1.81 bits per heavy atom. The summed E-state index contributed by atoms with van der Waals surface area (Å²) in [7, 11) is 1.28. The van der Waals surface area contributed by atoms with Crippen molar-refractivity contribution in [3.05, 3.63) is 65.5 Å². The first kappa shape index (κ1) is 18.6. The predicted octanol–water partition coefficient (Wildman–Crippen LogP) is 2.50. The van der Waals surface area contributed by atoms with Crippen molar-refractivity contribution < 1.29 is 23.5 Å². The fourth-order valence-electron chi connectivity index (χ4n) is 2.81. The largest absolute Gasteiger partial charge is 0.465 e. The van der Waals surface area contributed by atoms with Gasteiger partial charge in [-0.25, -0.2) is 9.18 Å². The van der Waals surface area contributed by atoms with E-state index in [0.717, 1.165) is 0 Å². The van der Waals surface area contributed by atoms with Crippen molar-refractivity contribution in [3.8, 4) is 0 Å². The van der Waals surface area contributed by atoms with E-state index >= 15 is 0 Å². The molecule has 7 heteroatoms. The van der Waals surface area contributed by atoms with E-state index in [1.807, 2.05) is 0 Å². The Kier molecular flexibility index (Phi) is 5.49. The normalized spacial score (nSPS) is 17.7. The minimum absolute atomic E-state index is 0.0809. The van der Waals surface area contributed by atoms with Gasteiger partial charge in [-0.05, 0) is 30.7 Å². The summed E-state index contributed by atoms with van der Waals surface area (Å²) < 4.78 is 18.2.